The smallest absolute Gasteiger partial charge is 0.160 e. The van der Waals surface area contributed by atoms with Gasteiger partial charge in [0.15, 0.2) is 5.58 Å². The Balaban J connectivity index is 1.17. The molecule has 0 radical (unpaired) electrons. The summed E-state index contributed by atoms with van der Waals surface area (Å²) in [6, 6.07) is 58.0. The maximum atomic E-state index is 6.97. The Morgan fingerprint density at radius 1 is 0.400 bits per heavy atom. The standard InChI is InChI=1S/C51H33NO3/c1-51(2)39-17-9-6-14-34(39)35-25-24-33(28-40(35)51)52(32-22-20-31(21-23-32)30-12-4-3-5-13-30)41-29-45-47(46-38-16-8-11-19-43(38)55-50(41)46)48-44(53-45)27-26-37-36-15-7-10-18-42(36)54-49(37)48/h3-29H,1-2H3. The number of nitrogens with zero attached hydrogens (tertiary/aromatic N) is 1. The van der Waals surface area contributed by atoms with Crippen molar-refractivity contribution in [3.05, 3.63) is 175 Å². The van der Waals surface area contributed by atoms with Gasteiger partial charge in [-0.2, -0.15) is 0 Å². The number of para-hydroxylation sites is 2. The van der Waals surface area contributed by atoms with Crippen molar-refractivity contribution in [2.24, 2.45) is 0 Å². The van der Waals surface area contributed by atoms with Crippen LogP contribution in [-0.4, -0.2) is 0 Å². The van der Waals surface area contributed by atoms with Gasteiger partial charge in [-0.1, -0.05) is 123 Å². The molecule has 0 aliphatic heterocycles. The molecule has 0 atom stereocenters. The van der Waals surface area contributed by atoms with Crippen LogP contribution in [0.25, 0.3) is 88.1 Å². The third kappa shape index (κ3) is 4.22. The average molecular weight is 708 g/mol. The lowest BCUT2D eigenvalue weighted by atomic mass is 9.82. The maximum Gasteiger partial charge on any atom is 0.160 e. The quantitative estimate of drug-likeness (QED) is 0.183. The van der Waals surface area contributed by atoms with Crippen LogP contribution in [-0.2, 0) is 5.41 Å². The summed E-state index contributed by atoms with van der Waals surface area (Å²) in [4.78, 5) is 2.34. The lowest BCUT2D eigenvalue weighted by Crippen LogP contribution is -2.16. The molecule has 260 valence electrons. The van der Waals surface area contributed by atoms with Crippen LogP contribution < -0.4 is 4.90 Å². The summed E-state index contributed by atoms with van der Waals surface area (Å²) < 4.78 is 20.4. The number of furan rings is 3. The summed E-state index contributed by atoms with van der Waals surface area (Å²) in [5.41, 5.74) is 15.2. The highest BCUT2D eigenvalue weighted by Gasteiger charge is 2.36. The van der Waals surface area contributed by atoms with Crippen LogP contribution in [0.1, 0.15) is 25.0 Å². The Morgan fingerprint density at radius 3 is 1.89 bits per heavy atom. The van der Waals surface area contributed by atoms with Gasteiger partial charge in [-0.25, -0.2) is 0 Å². The van der Waals surface area contributed by atoms with E-state index >= 15 is 0 Å². The summed E-state index contributed by atoms with van der Waals surface area (Å²) in [6.45, 7) is 4.66. The average Bonchev–Trinajstić information content (AvgIpc) is 3.97. The Bertz CT molecular complexity index is 3340. The molecule has 12 rings (SSSR count). The van der Waals surface area contributed by atoms with E-state index in [9.17, 15) is 0 Å². The van der Waals surface area contributed by atoms with Crippen molar-refractivity contribution in [1.29, 1.82) is 0 Å². The van der Waals surface area contributed by atoms with E-state index in [1.54, 1.807) is 0 Å². The van der Waals surface area contributed by atoms with Crippen molar-refractivity contribution < 1.29 is 13.3 Å². The molecule has 0 spiro atoms. The van der Waals surface area contributed by atoms with Gasteiger partial charge in [-0.15, -0.1) is 0 Å². The molecule has 0 saturated heterocycles. The zero-order chi connectivity index (χ0) is 36.4. The van der Waals surface area contributed by atoms with E-state index in [1.165, 1.54) is 27.8 Å². The predicted octanol–water partition coefficient (Wildman–Crippen LogP) is 14.8. The van der Waals surface area contributed by atoms with Gasteiger partial charge in [0.05, 0.1) is 11.1 Å². The molecule has 1 aliphatic rings. The minimum absolute atomic E-state index is 0.167. The highest BCUT2D eigenvalue weighted by Crippen LogP contribution is 2.53. The lowest BCUT2D eigenvalue weighted by molar-refractivity contribution is 0.659. The molecule has 0 amide bonds. The van der Waals surface area contributed by atoms with E-state index in [4.69, 9.17) is 13.3 Å². The van der Waals surface area contributed by atoms with E-state index < -0.39 is 0 Å². The largest absolute Gasteiger partial charge is 0.456 e. The zero-order valence-electron chi connectivity index (χ0n) is 30.3. The predicted molar refractivity (Wildman–Crippen MR) is 226 cm³/mol. The number of hydrogen-bond acceptors (Lipinski definition) is 4. The first kappa shape index (κ1) is 30.4. The van der Waals surface area contributed by atoms with Gasteiger partial charge in [-0.05, 0) is 81.9 Å². The molecule has 0 fully saturated rings. The van der Waals surface area contributed by atoms with Gasteiger partial charge in [0.25, 0.3) is 0 Å². The number of anilines is 3. The fraction of sp³-hybridized carbons (Fsp3) is 0.0588. The first-order valence-corrected chi connectivity index (χ1v) is 18.8. The van der Waals surface area contributed by atoms with Crippen molar-refractivity contribution >= 4 is 82.9 Å². The second-order valence-corrected chi connectivity index (χ2v) is 15.2. The molecule has 3 aromatic heterocycles. The van der Waals surface area contributed by atoms with Crippen LogP contribution >= 0.6 is 0 Å². The SMILES string of the molecule is CC1(C)c2ccccc2-c2ccc(N(c3ccc(-c4ccccc4)cc3)c3cc4oc5ccc6c7ccccc7oc6c5c4c4c3oc3ccccc34)cc21. The van der Waals surface area contributed by atoms with Crippen molar-refractivity contribution in [1.82, 2.24) is 0 Å². The fourth-order valence-electron chi connectivity index (χ4n) is 9.26. The molecule has 4 heteroatoms. The first-order chi connectivity index (χ1) is 27.0. The number of benzene rings is 8. The Labute approximate surface area is 316 Å². The topological polar surface area (TPSA) is 42.7 Å². The second kappa shape index (κ2) is 11.0. The van der Waals surface area contributed by atoms with Crippen LogP contribution in [0.4, 0.5) is 17.1 Å². The molecule has 55 heavy (non-hydrogen) atoms. The number of rotatable bonds is 4. The molecule has 3 heterocycles. The van der Waals surface area contributed by atoms with E-state index in [1.807, 2.05) is 18.2 Å². The van der Waals surface area contributed by atoms with E-state index in [0.29, 0.717) is 0 Å². The van der Waals surface area contributed by atoms with Crippen molar-refractivity contribution in [2.75, 3.05) is 4.90 Å². The van der Waals surface area contributed by atoms with Gasteiger partial charge in [0.1, 0.15) is 27.9 Å². The highest BCUT2D eigenvalue weighted by atomic mass is 16.3. The van der Waals surface area contributed by atoms with Gasteiger partial charge in [0.2, 0.25) is 0 Å². The summed E-state index contributed by atoms with van der Waals surface area (Å²) in [7, 11) is 0. The monoisotopic (exact) mass is 707 g/mol. The highest BCUT2D eigenvalue weighted by molar-refractivity contribution is 6.33. The summed E-state index contributed by atoms with van der Waals surface area (Å²) in [5.74, 6) is 0. The van der Waals surface area contributed by atoms with Crippen molar-refractivity contribution in [3.8, 4) is 22.3 Å². The Hall–Kier alpha value is -7.04. The summed E-state index contributed by atoms with van der Waals surface area (Å²) in [6.07, 6.45) is 0. The molecule has 8 aromatic carbocycles. The van der Waals surface area contributed by atoms with E-state index in [-0.39, 0.29) is 5.41 Å². The van der Waals surface area contributed by atoms with Crippen molar-refractivity contribution in [3.63, 3.8) is 0 Å². The minimum atomic E-state index is -0.167. The molecule has 4 nitrogen and oxygen atoms in total. The molecule has 0 saturated carbocycles. The van der Waals surface area contributed by atoms with Gasteiger partial charge in [0, 0.05) is 49.8 Å². The Kier molecular flexibility index (Phi) is 6.09. The van der Waals surface area contributed by atoms with Gasteiger partial charge < -0.3 is 18.2 Å². The van der Waals surface area contributed by atoms with E-state index in [0.717, 1.165) is 88.4 Å². The molecule has 1 aliphatic carbocycles. The second-order valence-electron chi connectivity index (χ2n) is 15.2. The molecular weight excluding hydrogens is 675 g/mol. The van der Waals surface area contributed by atoms with Crippen molar-refractivity contribution in [2.45, 2.75) is 19.3 Å². The normalized spacial score (nSPS) is 13.4. The zero-order valence-corrected chi connectivity index (χ0v) is 30.3. The molecule has 0 N–H and O–H groups in total. The Morgan fingerprint density at radius 2 is 1.05 bits per heavy atom. The summed E-state index contributed by atoms with van der Waals surface area (Å²) in [5, 5.41) is 6.15. The maximum absolute atomic E-state index is 6.97. The lowest BCUT2D eigenvalue weighted by Gasteiger charge is -2.28. The van der Waals surface area contributed by atoms with Crippen LogP contribution in [0, 0.1) is 0 Å². The molecular formula is C51H33NO3. The number of fused-ring (bicyclic) bond motifs is 14. The third-order valence-electron chi connectivity index (χ3n) is 11.9. The van der Waals surface area contributed by atoms with Crippen LogP contribution in [0.5, 0.6) is 0 Å². The van der Waals surface area contributed by atoms with E-state index in [2.05, 4.69) is 164 Å². The first-order valence-electron chi connectivity index (χ1n) is 18.8. The third-order valence-corrected chi connectivity index (χ3v) is 11.9. The number of hydrogen-bond donors (Lipinski definition) is 0. The van der Waals surface area contributed by atoms with Gasteiger partial charge in [-0.3, -0.25) is 0 Å². The van der Waals surface area contributed by atoms with Crippen LogP contribution in [0.2, 0.25) is 0 Å². The fourth-order valence-corrected chi connectivity index (χ4v) is 9.26. The van der Waals surface area contributed by atoms with Crippen LogP contribution in [0.15, 0.2) is 177 Å². The van der Waals surface area contributed by atoms with Gasteiger partial charge >= 0.3 is 0 Å². The molecule has 11 aromatic rings. The molecule has 0 bridgehead atoms. The minimum Gasteiger partial charge on any atom is -0.456 e. The van der Waals surface area contributed by atoms with Crippen LogP contribution in [0.3, 0.4) is 0 Å². The summed E-state index contributed by atoms with van der Waals surface area (Å²) >= 11 is 0. The molecule has 0 unspecified atom stereocenters.